The second-order valence-electron chi connectivity index (χ2n) is 23.7. The number of carbonyl (C=O) groups is 2. The molecule has 2 spiro atoms. The number of benzene rings is 3. The SMILES string of the molecule is C=C1C=C2C=CC3(CCC4(C5CCC(O)Cc6cccc(c6)CC(C(CN=C(N)N)c6ccc(O)cc6)C(O)CNC6C(=O)NC(N)c7cccc(c76)CC(=O)C(C)=C5CCC4(C)O)C3O)C(=C2)COCC#CCC(C)=CCC1(O)O. The molecule has 3 aliphatic carbocycles. The number of β-amino-alcohol motifs (C(OH)–C–C–N with tert-alkyl or cyclic N) is 1. The van der Waals surface area contributed by atoms with E-state index in [0.29, 0.717) is 71.9 Å². The Hall–Kier alpha value is -6.49. The predicted molar refractivity (Wildman–Crippen MR) is 310 cm³/mol. The van der Waals surface area contributed by atoms with Crippen LogP contribution >= 0.6 is 0 Å². The third-order valence-corrected chi connectivity index (χ3v) is 18.6. The Labute approximate surface area is 475 Å². The fraction of sp³-hybridized carbons (Fsp3) is 0.462. The number of allylic oxidation sites excluding steroid dienone is 6. The molecule has 0 saturated heterocycles. The zero-order chi connectivity index (χ0) is 58.0. The van der Waals surface area contributed by atoms with Crippen LogP contribution in [0.15, 0.2) is 142 Å². The molecule has 0 aromatic heterocycles. The Morgan fingerprint density at radius 1 is 0.938 bits per heavy atom. The Kier molecular flexibility index (Phi) is 17.6. The number of aromatic hydroxyl groups is 1. The number of nitrogens with two attached hydrogens (primary N) is 3. The maximum Gasteiger partial charge on any atom is 0.243 e. The Bertz CT molecular complexity index is 3160. The zero-order valence-electron chi connectivity index (χ0n) is 46.7. The first-order valence-electron chi connectivity index (χ1n) is 28.3. The van der Waals surface area contributed by atoms with Gasteiger partial charge >= 0.3 is 0 Å². The molecule has 3 aliphatic heterocycles. The molecule has 6 aliphatic rings. The van der Waals surface area contributed by atoms with Gasteiger partial charge in [-0.15, -0.1) is 0 Å². The van der Waals surface area contributed by atoms with Gasteiger partial charge in [0.25, 0.3) is 0 Å². The van der Waals surface area contributed by atoms with E-state index in [2.05, 4.69) is 34.0 Å². The van der Waals surface area contributed by atoms with Crippen molar-refractivity contribution in [3.63, 3.8) is 0 Å². The van der Waals surface area contributed by atoms with Crippen LogP contribution in [0.5, 0.6) is 5.75 Å². The van der Waals surface area contributed by atoms with Crippen molar-refractivity contribution < 1.29 is 50.1 Å². The summed E-state index contributed by atoms with van der Waals surface area (Å²) in [5.41, 5.74) is 22.4. The third kappa shape index (κ3) is 12.2. The van der Waals surface area contributed by atoms with Crippen molar-refractivity contribution in [2.45, 2.75) is 139 Å². The van der Waals surface area contributed by atoms with Crippen molar-refractivity contribution in [2.24, 2.45) is 44.9 Å². The average molecular weight is 1110 g/mol. The van der Waals surface area contributed by atoms with E-state index in [-0.39, 0.29) is 81.5 Å². The Morgan fingerprint density at radius 3 is 2.43 bits per heavy atom. The first-order valence-corrected chi connectivity index (χ1v) is 28.3. The molecule has 2 saturated carbocycles. The van der Waals surface area contributed by atoms with Crippen molar-refractivity contribution in [1.29, 1.82) is 0 Å². The fourth-order valence-corrected chi connectivity index (χ4v) is 14.0. The third-order valence-electron chi connectivity index (χ3n) is 18.6. The number of aliphatic imine (C=N–C) groups is 1. The molecule has 3 aromatic carbocycles. The van der Waals surface area contributed by atoms with Crippen molar-refractivity contribution in [3.8, 4) is 17.6 Å². The van der Waals surface area contributed by atoms with Crippen LogP contribution in [0.25, 0.3) is 0 Å². The molecule has 11 unspecified atom stereocenters. The molecule has 15 N–H and O–H groups in total. The summed E-state index contributed by atoms with van der Waals surface area (Å²) in [6, 6.07) is 18.9. The van der Waals surface area contributed by atoms with Gasteiger partial charge < -0.3 is 63.0 Å². The minimum Gasteiger partial charge on any atom is -0.508 e. The van der Waals surface area contributed by atoms with Gasteiger partial charge in [-0.1, -0.05) is 108 Å². The lowest BCUT2D eigenvalue weighted by atomic mass is 9.51. The zero-order valence-corrected chi connectivity index (χ0v) is 46.7. The average Bonchev–Trinajstić information content (AvgIpc) is 3.96. The largest absolute Gasteiger partial charge is 0.508 e. The van der Waals surface area contributed by atoms with E-state index in [9.17, 15) is 40.5 Å². The normalized spacial score (nSPS) is 31.6. The number of hydrogen-bond donors (Lipinski definition) is 12. The highest BCUT2D eigenvalue weighted by Crippen LogP contribution is 2.67. The molecule has 11 atom stereocenters. The van der Waals surface area contributed by atoms with E-state index in [1.54, 1.807) is 56.3 Å². The van der Waals surface area contributed by atoms with Gasteiger partial charge in [0, 0.05) is 54.7 Å². The molecular weight excluding hydrogens is 1020 g/mol. The standard InChI is InChI=1S/C65H80N6O10/c1-38-9-5-6-28-81-37-46-31-43(29-39(2)65(79,80)25-20-38)21-24-63(46)26-27-64(60(63)77)53-19-18-48(73)32-41-10-7-11-42(30-41)33-51(52(35-70-61(67)68)44-14-16-47(72)17-15-44)55(75)36-69-57-56-45(12-8-13-50(56)58(66)71-59(57)76)34-54(74)40(3)49(53)22-23-62(64,4)78/h7-8,10-17,20-21,24,29-31,48,51-53,55,57-58,60,69,72-73,75,77-80H,2,9,18-19,22-23,25-28,32-37,66H2,1,3-4H3,(H,71,76)(H4,67,68,70). The number of nitrogens with zero attached hydrogens (tertiary/aromatic N) is 1. The van der Waals surface area contributed by atoms with Crippen molar-refractivity contribution in [2.75, 3.05) is 26.3 Å². The number of aliphatic hydroxyl groups excluding tert-OH is 3. The number of rotatable bonds is 4. The van der Waals surface area contributed by atoms with Gasteiger partial charge in [-0.05, 0) is 152 Å². The fourth-order valence-electron chi connectivity index (χ4n) is 14.0. The minimum atomic E-state index is -2.23. The lowest BCUT2D eigenvalue weighted by Gasteiger charge is -2.57. The van der Waals surface area contributed by atoms with Crippen LogP contribution in [0.2, 0.25) is 0 Å². The van der Waals surface area contributed by atoms with Crippen LogP contribution in [0.1, 0.15) is 124 Å². The lowest BCUT2D eigenvalue weighted by Crippen LogP contribution is -2.61. The van der Waals surface area contributed by atoms with Crippen LogP contribution in [-0.2, 0) is 33.6 Å². The number of nitrogens with one attached hydrogen (secondary N) is 2. The molecule has 430 valence electrons. The van der Waals surface area contributed by atoms with E-state index < -0.39 is 76.4 Å². The molecule has 16 heteroatoms. The number of hydrogen-bond acceptors (Lipinski definition) is 13. The van der Waals surface area contributed by atoms with Crippen molar-refractivity contribution in [3.05, 3.63) is 171 Å². The molecular formula is C65H80N6O10. The van der Waals surface area contributed by atoms with Gasteiger partial charge in [-0.25, -0.2) is 0 Å². The summed E-state index contributed by atoms with van der Waals surface area (Å²) >= 11 is 0. The number of amides is 1. The number of fused-ring (bicyclic) bond motifs is 6. The van der Waals surface area contributed by atoms with E-state index in [1.807, 2.05) is 61.5 Å². The number of guanidine groups is 1. The van der Waals surface area contributed by atoms with E-state index in [0.717, 1.165) is 27.8 Å². The monoisotopic (exact) mass is 1100 g/mol. The summed E-state index contributed by atoms with van der Waals surface area (Å²) in [7, 11) is 0. The summed E-state index contributed by atoms with van der Waals surface area (Å²) in [5, 5.41) is 90.1. The number of phenols is 1. The van der Waals surface area contributed by atoms with Gasteiger partial charge in [0.1, 0.15) is 24.6 Å². The molecule has 3 heterocycles. The number of ketones is 1. The predicted octanol–water partition coefficient (Wildman–Crippen LogP) is 5.22. The van der Waals surface area contributed by atoms with Gasteiger partial charge in [0.2, 0.25) is 5.91 Å². The Balaban J connectivity index is 1.14. The van der Waals surface area contributed by atoms with Gasteiger partial charge in [-0.2, -0.15) is 0 Å². The summed E-state index contributed by atoms with van der Waals surface area (Å²) in [5.74, 6) is 1.55. The minimum absolute atomic E-state index is 0.0621. The second-order valence-corrected chi connectivity index (χ2v) is 23.7. The topological polar surface area (TPSA) is 299 Å². The van der Waals surface area contributed by atoms with Crippen LogP contribution in [0.3, 0.4) is 0 Å². The van der Waals surface area contributed by atoms with Gasteiger partial charge in [-0.3, -0.25) is 19.9 Å². The highest BCUT2D eigenvalue weighted by Gasteiger charge is 2.68. The second kappa shape index (κ2) is 24.1. The van der Waals surface area contributed by atoms with Crippen LogP contribution in [0, 0.1) is 34.5 Å². The molecule has 3 aromatic rings. The van der Waals surface area contributed by atoms with Gasteiger partial charge in [0.05, 0.1) is 30.5 Å². The van der Waals surface area contributed by atoms with Crippen molar-refractivity contribution >= 4 is 17.6 Å². The van der Waals surface area contributed by atoms with E-state index in [1.165, 1.54) is 0 Å². The van der Waals surface area contributed by atoms with Crippen LogP contribution in [0.4, 0.5) is 0 Å². The molecule has 16 nitrogen and oxygen atoms in total. The molecule has 1 amide bonds. The van der Waals surface area contributed by atoms with E-state index in [4.69, 9.17) is 21.9 Å². The van der Waals surface area contributed by atoms with Gasteiger partial charge in [0.15, 0.2) is 17.5 Å². The Morgan fingerprint density at radius 2 is 1.68 bits per heavy atom. The van der Waals surface area contributed by atoms with Crippen LogP contribution in [-0.4, -0.2) is 109 Å². The maximum atomic E-state index is 15.3. The molecule has 9 rings (SSSR count). The highest BCUT2D eigenvalue weighted by atomic mass is 16.5. The molecule has 2 fully saturated rings. The number of ether oxygens (including phenoxy) is 1. The summed E-state index contributed by atoms with van der Waals surface area (Å²) in [4.78, 5) is 33.9. The molecule has 81 heavy (non-hydrogen) atoms. The van der Waals surface area contributed by atoms with Crippen LogP contribution < -0.4 is 27.8 Å². The maximum absolute atomic E-state index is 15.3. The summed E-state index contributed by atoms with van der Waals surface area (Å²) in [6.07, 6.45) is 7.58. The van der Waals surface area contributed by atoms with E-state index >= 15 is 4.79 Å². The summed E-state index contributed by atoms with van der Waals surface area (Å²) < 4.78 is 6.26. The number of aliphatic hydroxyl groups is 6. The first kappa shape index (κ1) is 59.1. The van der Waals surface area contributed by atoms with Crippen molar-refractivity contribution in [1.82, 2.24) is 10.6 Å². The highest BCUT2D eigenvalue weighted by molar-refractivity contribution is 5.98. The number of Topliss-reactive ketones (excluding diaryl/α,β-unsaturated/α-hetero) is 1. The lowest BCUT2D eigenvalue weighted by molar-refractivity contribution is -0.174. The smallest absolute Gasteiger partial charge is 0.243 e. The summed E-state index contributed by atoms with van der Waals surface area (Å²) in [6.45, 7) is 9.69. The quantitative estimate of drug-likeness (QED) is 0.0525. The molecule has 4 bridgehead atoms. The number of carbonyl (C=O) groups excluding carboxylic acids is 2. The molecule has 0 radical (unpaired) electrons. The first-order chi connectivity index (χ1) is 38.5. The number of phenolic OH excluding ortho intramolecular Hbond substituents is 1.